The molecule has 22 nitrogen and oxygen atoms in total. The molecule has 2 aliphatic rings. The highest BCUT2D eigenvalue weighted by Gasteiger charge is 2.27. The lowest BCUT2D eigenvalue weighted by Gasteiger charge is -2.23. The summed E-state index contributed by atoms with van der Waals surface area (Å²) in [5, 5.41) is 28.2. The first-order chi connectivity index (χ1) is 39.2. The number of hydrogen-bond donors (Lipinski definition) is 6. The fraction of sp³-hybridized carbons (Fsp3) is 0.182. The molecule has 3 aromatic carbocycles. The van der Waals surface area contributed by atoms with Gasteiger partial charge in [0.1, 0.15) is 53.0 Å². The maximum absolute atomic E-state index is 9.64. The SMILES string of the molecule is Cl.Clc1nc(Cl)c2occc2n1.Clc1nc(Nc2cn(-c3ccccc3)cn2)c2occc2n1.Nc1cn(-c2ccccc2)cn1.OC[C@@H]1CCCN1.OC[C@@H]1CCCN1c1nc(Nc2cn(-c3ccccc3)cn2)c2occc2n1. The van der Waals surface area contributed by atoms with Crippen LogP contribution in [-0.4, -0.2) is 107 Å². The van der Waals surface area contributed by atoms with Crippen molar-refractivity contribution in [2.24, 2.45) is 0 Å². The molecule has 0 amide bonds. The largest absolute Gasteiger partial charge is 0.459 e. The normalized spacial score (nSPS) is 14.4. The summed E-state index contributed by atoms with van der Waals surface area (Å²) in [6, 6.07) is 35.5. The molecule has 12 aromatic rings. The van der Waals surface area contributed by atoms with Crippen molar-refractivity contribution in [3.63, 3.8) is 0 Å². The molecule has 2 aliphatic heterocycles. The second-order valence-corrected chi connectivity index (χ2v) is 18.9. The molecule has 26 heteroatoms. The first kappa shape index (κ1) is 57.1. The Morgan fingerprint density at radius 3 is 1.54 bits per heavy atom. The van der Waals surface area contributed by atoms with Crippen molar-refractivity contribution in [1.82, 2.24) is 63.9 Å². The topological polar surface area (TPSA) is 276 Å². The smallest absolute Gasteiger partial charge is 0.228 e. The number of rotatable bonds is 10. The average Bonchev–Trinajstić information content (AvgIpc) is 4.36. The summed E-state index contributed by atoms with van der Waals surface area (Å²) in [6.45, 7) is 2.32. The summed E-state index contributed by atoms with van der Waals surface area (Å²) >= 11 is 17.1. The third-order valence-electron chi connectivity index (χ3n) is 12.5. The number of furan rings is 3. The van der Waals surface area contributed by atoms with Gasteiger partial charge in [-0.2, -0.15) is 9.97 Å². The van der Waals surface area contributed by atoms with E-state index in [0.29, 0.717) is 75.5 Å². The van der Waals surface area contributed by atoms with Crippen LogP contribution >= 0.6 is 47.2 Å². The monoisotopic (exact) mass is 1170 g/mol. The van der Waals surface area contributed by atoms with Crippen LogP contribution < -0.4 is 26.6 Å². The van der Waals surface area contributed by atoms with Crippen LogP contribution in [0.3, 0.4) is 0 Å². The van der Waals surface area contributed by atoms with E-state index in [4.69, 9.17) is 58.9 Å². The number of nitrogens with zero attached hydrogens (tertiary/aromatic N) is 13. The van der Waals surface area contributed by atoms with Gasteiger partial charge in [-0.3, -0.25) is 0 Å². The Morgan fingerprint density at radius 1 is 0.556 bits per heavy atom. The molecule has 2 saturated heterocycles. The van der Waals surface area contributed by atoms with Crippen LogP contribution in [0, 0.1) is 0 Å². The Bertz CT molecular complexity index is 3870. The minimum absolute atomic E-state index is 0. The zero-order valence-corrected chi connectivity index (χ0v) is 46.0. The lowest BCUT2D eigenvalue weighted by molar-refractivity contribution is 0.255. The van der Waals surface area contributed by atoms with Crippen LogP contribution in [-0.2, 0) is 0 Å². The van der Waals surface area contributed by atoms with E-state index >= 15 is 0 Å². The van der Waals surface area contributed by atoms with Crippen molar-refractivity contribution in [2.45, 2.75) is 37.8 Å². The van der Waals surface area contributed by atoms with Gasteiger partial charge in [0.2, 0.25) is 16.5 Å². The van der Waals surface area contributed by atoms with E-state index in [9.17, 15) is 5.11 Å². The molecule has 416 valence electrons. The quantitative estimate of drug-likeness (QED) is 0.0548. The van der Waals surface area contributed by atoms with Gasteiger partial charge in [-0.15, -0.1) is 12.4 Å². The minimum atomic E-state index is 0. The molecular weight excluding hydrogens is 1120 g/mol. The molecule has 0 radical (unpaired) electrons. The second-order valence-electron chi connectivity index (χ2n) is 17.8. The van der Waals surface area contributed by atoms with Crippen molar-refractivity contribution in [1.29, 1.82) is 0 Å². The molecule has 11 heterocycles. The Balaban J connectivity index is 0.000000132. The fourth-order valence-corrected chi connectivity index (χ4v) is 9.18. The molecule has 0 saturated carbocycles. The number of para-hydroxylation sites is 3. The van der Waals surface area contributed by atoms with Crippen LogP contribution in [0.4, 0.5) is 35.0 Å². The van der Waals surface area contributed by atoms with Gasteiger partial charge in [-0.05, 0) is 91.8 Å². The van der Waals surface area contributed by atoms with Crippen molar-refractivity contribution in [3.05, 3.63) is 181 Å². The number of imidazole rings is 3. The van der Waals surface area contributed by atoms with Crippen molar-refractivity contribution in [2.75, 3.05) is 47.6 Å². The molecule has 0 bridgehead atoms. The number of nitrogen functional groups attached to an aromatic ring is 1. The number of aliphatic hydroxyl groups excluding tert-OH is 2. The minimum Gasteiger partial charge on any atom is -0.459 e. The molecule has 0 aliphatic carbocycles. The summed E-state index contributed by atoms with van der Waals surface area (Å²) in [6.07, 6.45) is 19.7. The highest BCUT2D eigenvalue weighted by Crippen LogP contribution is 2.31. The van der Waals surface area contributed by atoms with Crippen LogP contribution in [0.5, 0.6) is 0 Å². The third-order valence-corrected chi connectivity index (χ3v) is 13.0. The number of aliphatic hydroxyl groups is 2. The van der Waals surface area contributed by atoms with Crippen molar-refractivity contribution in [3.8, 4) is 17.1 Å². The second kappa shape index (κ2) is 27.5. The predicted molar refractivity (Wildman–Crippen MR) is 315 cm³/mol. The fourth-order valence-electron chi connectivity index (χ4n) is 8.57. The molecule has 2 atom stereocenters. The molecule has 14 rings (SSSR count). The van der Waals surface area contributed by atoms with E-state index in [1.165, 1.54) is 12.7 Å². The number of fused-ring (bicyclic) bond motifs is 3. The van der Waals surface area contributed by atoms with Gasteiger partial charge in [0.25, 0.3) is 0 Å². The van der Waals surface area contributed by atoms with E-state index in [-0.39, 0.29) is 40.8 Å². The molecular formula is C55H53Cl4N17O5. The van der Waals surface area contributed by atoms with E-state index < -0.39 is 0 Å². The first-order valence-corrected chi connectivity index (χ1v) is 26.3. The highest BCUT2D eigenvalue weighted by molar-refractivity contribution is 6.35. The number of hydrogen-bond acceptors (Lipinski definition) is 19. The van der Waals surface area contributed by atoms with Gasteiger partial charge in [-0.1, -0.05) is 66.2 Å². The molecule has 0 unspecified atom stereocenters. The lowest BCUT2D eigenvalue weighted by atomic mass is 10.2. The average molecular weight is 1170 g/mol. The number of benzene rings is 3. The number of nitrogens with one attached hydrogen (secondary N) is 3. The van der Waals surface area contributed by atoms with Gasteiger partial charge in [-0.25, -0.2) is 34.9 Å². The number of anilines is 6. The molecule has 9 aromatic heterocycles. The molecule has 7 N–H and O–H groups in total. The van der Waals surface area contributed by atoms with Gasteiger partial charge in [0.15, 0.2) is 33.5 Å². The maximum atomic E-state index is 9.64. The number of aromatic nitrogens is 12. The van der Waals surface area contributed by atoms with Crippen LogP contribution in [0.2, 0.25) is 15.7 Å². The van der Waals surface area contributed by atoms with Crippen LogP contribution in [0.1, 0.15) is 25.7 Å². The van der Waals surface area contributed by atoms with Crippen molar-refractivity contribution >= 4 is 116 Å². The lowest BCUT2D eigenvalue weighted by Crippen LogP contribution is -2.33. The van der Waals surface area contributed by atoms with Gasteiger partial charge in [0.05, 0.1) is 56.6 Å². The van der Waals surface area contributed by atoms with Gasteiger partial charge in [0, 0.05) is 47.8 Å². The van der Waals surface area contributed by atoms with Crippen molar-refractivity contribution < 1.29 is 23.5 Å². The summed E-state index contributed by atoms with van der Waals surface area (Å²) in [7, 11) is 0. The van der Waals surface area contributed by atoms with Crippen LogP contribution in [0.15, 0.2) is 179 Å². The Labute approximate surface area is 484 Å². The Hall–Kier alpha value is -8.61. The van der Waals surface area contributed by atoms with E-state index in [1.807, 2.05) is 123 Å². The molecule has 0 spiro atoms. The zero-order chi connectivity index (χ0) is 55.2. The summed E-state index contributed by atoms with van der Waals surface area (Å²) in [5.74, 6) is 3.47. The number of halogens is 4. The summed E-state index contributed by atoms with van der Waals surface area (Å²) in [5.41, 5.74) is 12.2. The Kier molecular flexibility index (Phi) is 19.4. The standard InChI is InChI=1S/C20H20N6O2.C15H10ClN5O.C9H9N3.C6H2Cl2N2O.C5H11NO.ClH/c27-12-15-7-4-9-26(15)20-22-16-8-10-28-18(16)19(24-20)23-17-11-25(13-21-17)14-5-2-1-3-6-14;16-15-18-11-6-7-22-13(11)14(20-15)19-12-8-21(9-17-12)10-4-2-1-3-5-10;10-9-6-12(7-11-9)8-4-2-1-3-5-8;7-5-4-3(1-2-11-4)9-6(8)10-5;7-4-5-2-1-3-6-5;/h1-3,5-6,8,10-11,13,15,27H,4,7,9,12H2,(H,22,23,24);1-9H,(H,18,19,20);1-7H,10H2;1-2H;5-7H,1-4H2;1H/t15-;;;;5-;/m0...0./s1. The summed E-state index contributed by atoms with van der Waals surface area (Å²) < 4.78 is 21.7. The molecule has 81 heavy (non-hydrogen) atoms. The maximum Gasteiger partial charge on any atom is 0.228 e. The highest BCUT2D eigenvalue weighted by atomic mass is 35.5. The van der Waals surface area contributed by atoms with E-state index in [0.717, 1.165) is 54.9 Å². The van der Waals surface area contributed by atoms with Gasteiger partial charge < -0.3 is 63.7 Å². The van der Waals surface area contributed by atoms with Crippen LogP contribution in [0.25, 0.3) is 50.4 Å². The number of nitrogens with two attached hydrogens (primary N) is 1. The van der Waals surface area contributed by atoms with E-state index in [1.54, 1.807) is 49.8 Å². The zero-order valence-electron chi connectivity index (χ0n) is 43.0. The predicted octanol–water partition coefficient (Wildman–Crippen LogP) is 11.1. The Morgan fingerprint density at radius 2 is 1.05 bits per heavy atom. The van der Waals surface area contributed by atoms with E-state index in [2.05, 4.69) is 65.7 Å². The first-order valence-electron chi connectivity index (χ1n) is 25.2. The van der Waals surface area contributed by atoms with Gasteiger partial charge >= 0.3 is 0 Å². The summed E-state index contributed by atoms with van der Waals surface area (Å²) in [4.78, 5) is 39.8. The molecule has 2 fully saturated rings. The third kappa shape index (κ3) is 14.6.